The molecule has 0 unspecified atom stereocenters. The molecule has 1 atom stereocenters. The van der Waals surface area contributed by atoms with Crippen LogP contribution in [0.3, 0.4) is 0 Å². The predicted molar refractivity (Wildman–Crippen MR) is 108 cm³/mol. The molecule has 0 fully saturated rings. The maximum Gasteiger partial charge on any atom is 0.335 e. The minimum absolute atomic E-state index is 0.0204. The number of benzene rings is 1. The van der Waals surface area contributed by atoms with Crippen molar-refractivity contribution >= 4 is 22.1 Å². The molecular formula is C19H24BrN3O3. The van der Waals surface area contributed by atoms with Crippen molar-refractivity contribution in [2.75, 3.05) is 0 Å². The molecule has 2 N–H and O–H groups in total. The zero-order chi connectivity index (χ0) is 19.1. The Morgan fingerprint density at radius 3 is 2.58 bits per heavy atom. The molecule has 0 aliphatic heterocycles. The summed E-state index contributed by atoms with van der Waals surface area (Å²) in [4.78, 5) is 30.8. The van der Waals surface area contributed by atoms with E-state index in [2.05, 4.69) is 32.8 Å². The zero-order valence-corrected chi connectivity index (χ0v) is 16.6. The van der Waals surface area contributed by atoms with Crippen LogP contribution in [0.4, 0.5) is 0 Å². The van der Waals surface area contributed by atoms with Crippen LogP contribution >= 0.6 is 15.9 Å². The zero-order valence-electron chi connectivity index (χ0n) is 15.0. The third-order valence-electron chi connectivity index (χ3n) is 4.14. The number of aromatic hydroxyl groups is 1. The van der Waals surface area contributed by atoms with E-state index in [4.69, 9.17) is 0 Å². The van der Waals surface area contributed by atoms with Crippen molar-refractivity contribution in [3.8, 4) is 11.6 Å². The second-order valence-electron chi connectivity index (χ2n) is 6.28. The van der Waals surface area contributed by atoms with Crippen molar-refractivity contribution in [3.63, 3.8) is 0 Å². The Balaban J connectivity index is 2.28. The SMILES string of the molecule is CCCCCC[C@@H](C)N=Cc1c(O)n(-c2ccc(Br)cc2)c(=O)[nH]c1=O. The van der Waals surface area contributed by atoms with Crippen molar-refractivity contribution in [2.45, 2.75) is 52.0 Å². The second-order valence-corrected chi connectivity index (χ2v) is 7.20. The molecule has 0 radical (unpaired) electrons. The Morgan fingerprint density at radius 2 is 1.92 bits per heavy atom. The van der Waals surface area contributed by atoms with Gasteiger partial charge in [0.25, 0.3) is 5.56 Å². The molecular weight excluding hydrogens is 398 g/mol. The van der Waals surface area contributed by atoms with Gasteiger partial charge in [0, 0.05) is 16.7 Å². The first-order chi connectivity index (χ1) is 12.4. The minimum Gasteiger partial charge on any atom is -0.493 e. The predicted octanol–water partition coefficient (Wildman–Crippen LogP) is 3.77. The Hall–Kier alpha value is -2.15. The second kappa shape index (κ2) is 9.52. The molecule has 140 valence electrons. The van der Waals surface area contributed by atoms with Crippen LogP contribution in [0.2, 0.25) is 0 Å². The standard InChI is InChI=1S/C19H24BrN3O3/c1-3-4-5-6-7-13(2)21-12-16-17(24)22-19(26)23(18(16)25)15-10-8-14(20)9-11-15/h8-13,25H,3-7H2,1-2H3,(H,22,24,26)/t13-/m1/s1. The summed E-state index contributed by atoms with van der Waals surface area (Å²) in [5.41, 5.74) is -0.912. The number of hydrogen-bond acceptors (Lipinski definition) is 4. The number of H-pyrrole nitrogens is 1. The number of halogens is 1. The van der Waals surface area contributed by atoms with Crippen molar-refractivity contribution < 1.29 is 5.11 Å². The Morgan fingerprint density at radius 1 is 1.23 bits per heavy atom. The molecule has 26 heavy (non-hydrogen) atoms. The number of nitrogens with zero attached hydrogens (tertiary/aromatic N) is 2. The first-order valence-electron chi connectivity index (χ1n) is 8.81. The van der Waals surface area contributed by atoms with Gasteiger partial charge >= 0.3 is 5.69 Å². The van der Waals surface area contributed by atoms with E-state index in [0.29, 0.717) is 5.69 Å². The van der Waals surface area contributed by atoms with Gasteiger partial charge in [-0.2, -0.15) is 0 Å². The van der Waals surface area contributed by atoms with E-state index in [1.165, 1.54) is 19.1 Å². The number of aromatic amines is 1. The largest absolute Gasteiger partial charge is 0.493 e. The van der Waals surface area contributed by atoms with E-state index in [1.54, 1.807) is 24.3 Å². The van der Waals surface area contributed by atoms with Gasteiger partial charge in [0.1, 0.15) is 5.56 Å². The van der Waals surface area contributed by atoms with Crippen LogP contribution in [0.5, 0.6) is 5.88 Å². The highest BCUT2D eigenvalue weighted by Gasteiger charge is 2.14. The Kier molecular flexibility index (Phi) is 7.38. The van der Waals surface area contributed by atoms with Gasteiger partial charge < -0.3 is 5.11 Å². The van der Waals surface area contributed by atoms with Crippen LogP contribution in [-0.4, -0.2) is 26.9 Å². The number of rotatable bonds is 8. The molecule has 0 saturated carbocycles. The molecule has 0 aliphatic carbocycles. The fourth-order valence-corrected chi connectivity index (χ4v) is 2.89. The molecule has 0 bridgehead atoms. The summed E-state index contributed by atoms with van der Waals surface area (Å²) in [6.45, 7) is 4.13. The highest BCUT2D eigenvalue weighted by atomic mass is 79.9. The lowest BCUT2D eigenvalue weighted by atomic mass is 10.1. The van der Waals surface area contributed by atoms with Crippen LogP contribution < -0.4 is 11.2 Å². The maximum absolute atomic E-state index is 12.1. The highest BCUT2D eigenvalue weighted by Crippen LogP contribution is 2.18. The van der Waals surface area contributed by atoms with Crippen LogP contribution in [0.1, 0.15) is 51.5 Å². The smallest absolute Gasteiger partial charge is 0.335 e. The first-order valence-corrected chi connectivity index (χ1v) is 9.60. The van der Waals surface area contributed by atoms with Crippen molar-refractivity contribution in [1.82, 2.24) is 9.55 Å². The number of aliphatic imine (C=N–C) groups is 1. The summed E-state index contributed by atoms with van der Waals surface area (Å²) >= 11 is 3.32. The van der Waals surface area contributed by atoms with Gasteiger partial charge in [-0.3, -0.25) is 14.8 Å². The van der Waals surface area contributed by atoms with E-state index < -0.39 is 17.1 Å². The monoisotopic (exact) mass is 421 g/mol. The van der Waals surface area contributed by atoms with E-state index >= 15 is 0 Å². The molecule has 2 aromatic rings. The van der Waals surface area contributed by atoms with Gasteiger partial charge in [0.05, 0.1) is 5.69 Å². The summed E-state index contributed by atoms with van der Waals surface area (Å²) < 4.78 is 1.90. The van der Waals surface area contributed by atoms with Crippen LogP contribution in [0, 0.1) is 0 Å². The fourth-order valence-electron chi connectivity index (χ4n) is 2.63. The normalized spacial score (nSPS) is 12.6. The fraction of sp³-hybridized carbons (Fsp3) is 0.421. The van der Waals surface area contributed by atoms with Crippen LogP contribution in [-0.2, 0) is 0 Å². The lowest BCUT2D eigenvalue weighted by Crippen LogP contribution is -2.31. The van der Waals surface area contributed by atoms with Gasteiger partial charge in [0.15, 0.2) is 0 Å². The molecule has 0 aliphatic rings. The molecule has 6 nitrogen and oxygen atoms in total. The third-order valence-corrected chi connectivity index (χ3v) is 4.67. The summed E-state index contributed by atoms with van der Waals surface area (Å²) in [5.74, 6) is -0.414. The molecule has 1 aromatic heterocycles. The lowest BCUT2D eigenvalue weighted by molar-refractivity contribution is 0.430. The number of nitrogens with one attached hydrogen (secondary N) is 1. The summed E-state index contributed by atoms with van der Waals surface area (Å²) in [6, 6.07) is 6.87. The number of unbranched alkanes of at least 4 members (excludes halogenated alkanes) is 3. The van der Waals surface area contributed by atoms with E-state index in [1.807, 2.05) is 6.92 Å². The van der Waals surface area contributed by atoms with Crippen molar-refractivity contribution in [2.24, 2.45) is 4.99 Å². The summed E-state index contributed by atoms with van der Waals surface area (Å²) in [5, 5.41) is 10.5. The lowest BCUT2D eigenvalue weighted by Gasteiger charge is -2.10. The van der Waals surface area contributed by atoms with Gasteiger partial charge in [-0.1, -0.05) is 48.5 Å². The number of aromatic nitrogens is 2. The van der Waals surface area contributed by atoms with Gasteiger partial charge in [0.2, 0.25) is 5.88 Å². The molecule has 2 rings (SSSR count). The number of hydrogen-bond donors (Lipinski definition) is 2. The topological polar surface area (TPSA) is 87.4 Å². The molecule has 7 heteroatoms. The average Bonchev–Trinajstić information content (AvgIpc) is 2.60. The van der Waals surface area contributed by atoms with Crippen molar-refractivity contribution in [1.29, 1.82) is 0 Å². The van der Waals surface area contributed by atoms with E-state index in [9.17, 15) is 14.7 Å². The molecule has 1 heterocycles. The van der Waals surface area contributed by atoms with E-state index in [-0.39, 0.29) is 11.6 Å². The van der Waals surface area contributed by atoms with Crippen LogP contribution in [0.25, 0.3) is 5.69 Å². The molecule has 0 amide bonds. The molecule has 0 saturated heterocycles. The maximum atomic E-state index is 12.1. The third kappa shape index (κ3) is 5.17. The summed E-state index contributed by atoms with van der Waals surface area (Å²) in [7, 11) is 0. The minimum atomic E-state index is -0.695. The van der Waals surface area contributed by atoms with Gasteiger partial charge in [-0.15, -0.1) is 0 Å². The van der Waals surface area contributed by atoms with Crippen molar-refractivity contribution in [3.05, 3.63) is 55.1 Å². The van der Waals surface area contributed by atoms with Gasteiger partial charge in [-0.05, 0) is 37.6 Å². The van der Waals surface area contributed by atoms with Gasteiger partial charge in [-0.25, -0.2) is 9.36 Å². The molecule has 0 spiro atoms. The highest BCUT2D eigenvalue weighted by molar-refractivity contribution is 9.10. The molecule has 1 aromatic carbocycles. The quantitative estimate of drug-likeness (QED) is 0.502. The Labute approximate surface area is 160 Å². The Bertz CT molecular complexity index is 869. The van der Waals surface area contributed by atoms with E-state index in [0.717, 1.165) is 28.3 Å². The summed E-state index contributed by atoms with van der Waals surface area (Å²) in [6.07, 6.45) is 6.90. The first kappa shape index (κ1) is 20.2. The average molecular weight is 422 g/mol. The van der Waals surface area contributed by atoms with Crippen LogP contribution in [0.15, 0.2) is 43.3 Å².